The van der Waals surface area contributed by atoms with Crippen molar-refractivity contribution in [3.05, 3.63) is 23.5 Å². The van der Waals surface area contributed by atoms with Crippen LogP contribution in [-0.2, 0) is 0 Å². The molecule has 2 aromatic heterocycles. The van der Waals surface area contributed by atoms with Crippen LogP contribution < -0.4 is 4.90 Å². The molecule has 23 heavy (non-hydrogen) atoms. The molecule has 6 heteroatoms. The monoisotopic (exact) mass is 318 g/mol. The highest BCUT2D eigenvalue weighted by atomic mass is 16.3. The molecular formula is C17H26N4O2. The summed E-state index contributed by atoms with van der Waals surface area (Å²) >= 11 is 0. The van der Waals surface area contributed by atoms with Crippen molar-refractivity contribution < 1.29 is 10.2 Å². The van der Waals surface area contributed by atoms with Gasteiger partial charge in [-0.1, -0.05) is 13.3 Å². The maximum atomic E-state index is 10.7. The Balaban J connectivity index is 1.96. The zero-order chi connectivity index (χ0) is 16.6. The van der Waals surface area contributed by atoms with E-state index in [0.717, 1.165) is 48.5 Å². The normalized spacial score (nSPS) is 25.3. The van der Waals surface area contributed by atoms with Crippen molar-refractivity contribution in [2.24, 2.45) is 5.41 Å². The van der Waals surface area contributed by atoms with Gasteiger partial charge in [-0.05, 0) is 26.7 Å². The van der Waals surface area contributed by atoms with E-state index in [1.807, 2.05) is 24.4 Å². The molecule has 126 valence electrons. The second-order valence-electron chi connectivity index (χ2n) is 6.73. The minimum atomic E-state index is -0.542. The van der Waals surface area contributed by atoms with E-state index >= 15 is 0 Å². The molecule has 0 amide bonds. The Kier molecular flexibility index (Phi) is 4.29. The molecule has 1 saturated heterocycles. The second-order valence-corrected chi connectivity index (χ2v) is 6.73. The molecule has 3 heterocycles. The average molecular weight is 318 g/mol. The molecule has 6 nitrogen and oxygen atoms in total. The molecule has 0 aromatic carbocycles. The summed E-state index contributed by atoms with van der Waals surface area (Å²) in [7, 11) is 0. The number of fused-ring (bicyclic) bond motifs is 1. The molecule has 2 N–H and O–H groups in total. The standard InChI is InChI=1S/C17H26N4O2/c1-4-6-17(11-22)7-9-20(10-14(17)23)16-12(2)13(3)19-15-5-8-18-21(15)16/h5,8,14,22-23H,4,6-7,9-11H2,1-3H3/t14-,17-/m1/s1. The number of hydrogen-bond donors (Lipinski definition) is 2. The van der Waals surface area contributed by atoms with E-state index in [1.54, 1.807) is 6.20 Å². The first kappa shape index (κ1) is 16.2. The number of aromatic nitrogens is 3. The second kappa shape index (κ2) is 6.09. The summed E-state index contributed by atoms with van der Waals surface area (Å²) in [5.41, 5.74) is 2.52. The Hall–Kier alpha value is -1.66. The summed E-state index contributed by atoms with van der Waals surface area (Å²) in [6.45, 7) is 7.50. The molecule has 0 aliphatic carbocycles. The summed E-state index contributed by atoms with van der Waals surface area (Å²) in [6.07, 6.45) is 3.81. The van der Waals surface area contributed by atoms with Crippen molar-refractivity contribution in [3.63, 3.8) is 0 Å². The van der Waals surface area contributed by atoms with Gasteiger partial charge in [-0.2, -0.15) is 9.61 Å². The van der Waals surface area contributed by atoms with Crippen LogP contribution in [0.15, 0.2) is 12.3 Å². The summed E-state index contributed by atoms with van der Waals surface area (Å²) in [5, 5.41) is 24.9. The number of anilines is 1. The lowest BCUT2D eigenvalue weighted by molar-refractivity contribution is -0.0373. The van der Waals surface area contributed by atoms with Crippen LogP contribution in [0, 0.1) is 19.3 Å². The van der Waals surface area contributed by atoms with Gasteiger partial charge in [0.1, 0.15) is 5.82 Å². The maximum absolute atomic E-state index is 10.7. The topological polar surface area (TPSA) is 73.9 Å². The van der Waals surface area contributed by atoms with Gasteiger partial charge in [0.05, 0.1) is 18.9 Å². The average Bonchev–Trinajstić information content (AvgIpc) is 2.98. The SMILES string of the molecule is CCC[C@]1(CO)CCN(c2c(C)c(C)nc3ccnn23)C[C@H]1O. The molecule has 0 unspecified atom stereocenters. The lowest BCUT2D eigenvalue weighted by atomic mass is 9.73. The van der Waals surface area contributed by atoms with Crippen LogP contribution in [0.25, 0.3) is 5.65 Å². The summed E-state index contributed by atoms with van der Waals surface area (Å²) in [6, 6.07) is 1.89. The van der Waals surface area contributed by atoms with Gasteiger partial charge in [0.15, 0.2) is 5.65 Å². The van der Waals surface area contributed by atoms with Gasteiger partial charge in [0, 0.05) is 35.8 Å². The molecule has 1 aliphatic heterocycles. The summed E-state index contributed by atoms with van der Waals surface area (Å²) < 4.78 is 1.85. The fourth-order valence-corrected chi connectivity index (χ4v) is 3.75. The third kappa shape index (κ3) is 2.60. The van der Waals surface area contributed by atoms with Gasteiger partial charge in [0.2, 0.25) is 0 Å². The molecule has 3 rings (SSSR count). The van der Waals surface area contributed by atoms with Crippen molar-refractivity contribution in [3.8, 4) is 0 Å². The summed E-state index contributed by atoms with van der Waals surface area (Å²) in [4.78, 5) is 6.73. The molecule has 0 spiro atoms. The van der Waals surface area contributed by atoms with E-state index < -0.39 is 6.10 Å². The smallest absolute Gasteiger partial charge is 0.157 e. The molecule has 0 saturated carbocycles. The first-order chi connectivity index (χ1) is 11.0. The third-order valence-corrected chi connectivity index (χ3v) is 5.33. The number of β-amino-alcohol motifs (C(OH)–C–C–N with tert-alkyl or cyclic N) is 1. The number of hydrogen-bond acceptors (Lipinski definition) is 5. The van der Waals surface area contributed by atoms with E-state index in [9.17, 15) is 10.2 Å². The summed E-state index contributed by atoms with van der Waals surface area (Å²) in [5.74, 6) is 1.000. The molecule has 2 atom stereocenters. The van der Waals surface area contributed by atoms with Crippen LogP contribution in [0.5, 0.6) is 0 Å². The number of aryl methyl sites for hydroxylation is 1. The van der Waals surface area contributed by atoms with Gasteiger partial charge >= 0.3 is 0 Å². The van der Waals surface area contributed by atoms with Crippen LogP contribution in [-0.4, -0.2) is 50.6 Å². The first-order valence-corrected chi connectivity index (χ1v) is 8.37. The predicted molar refractivity (Wildman–Crippen MR) is 89.7 cm³/mol. The number of nitrogens with zero attached hydrogens (tertiary/aromatic N) is 4. The highest BCUT2D eigenvalue weighted by molar-refractivity contribution is 5.56. The van der Waals surface area contributed by atoms with Crippen LogP contribution in [0.2, 0.25) is 0 Å². The quantitative estimate of drug-likeness (QED) is 0.897. The van der Waals surface area contributed by atoms with Crippen molar-refractivity contribution in [2.45, 2.75) is 46.1 Å². The van der Waals surface area contributed by atoms with E-state index in [0.29, 0.717) is 6.54 Å². The zero-order valence-corrected chi connectivity index (χ0v) is 14.2. The van der Waals surface area contributed by atoms with Crippen molar-refractivity contribution in [1.82, 2.24) is 14.6 Å². The Morgan fingerprint density at radius 2 is 2.17 bits per heavy atom. The maximum Gasteiger partial charge on any atom is 0.157 e. The Morgan fingerprint density at radius 3 is 2.83 bits per heavy atom. The van der Waals surface area contributed by atoms with Crippen LogP contribution in [0.1, 0.15) is 37.4 Å². The number of aliphatic hydroxyl groups excluding tert-OH is 2. The van der Waals surface area contributed by atoms with Crippen molar-refractivity contribution >= 4 is 11.5 Å². The lowest BCUT2D eigenvalue weighted by Crippen LogP contribution is -2.53. The Morgan fingerprint density at radius 1 is 1.39 bits per heavy atom. The molecule has 2 aromatic rings. The van der Waals surface area contributed by atoms with Gasteiger partial charge in [0.25, 0.3) is 0 Å². The Bertz CT molecular complexity index is 699. The molecular weight excluding hydrogens is 292 g/mol. The van der Waals surface area contributed by atoms with E-state index in [4.69, 9.17) is 0 Å². The fraction of sp³-hybridized carbons (Fsp3) is 0.647. The number of rotatable bonds is 4. The highest BCUT2D eigenvalue weighted by Crippen LogP contribution is 2.38. The lowest BCUT2D eigenvalue weighted by Gasteiger charge is -2.45. The molecule has 0 bridgehead atoms. The third-order valence-electron chi connectivity index (χ3n) is 5.33. The molecule has 1 aliphatic rings. The van der Waals surface area contributed by atoms with E-state index in [2.05, 4.69) is 21.9 Å². The largest absolute Gasteiger partial charge is 0.396 e. The molecule has 1 fully saturated rings. The first-order valence-electron chi connectivity index (χ1n) is 8.37. The predicted octanol–water partition coefficient (Wildman–Crippen LogP) is 1.70. The van der Waals surface area contributed by atoms with Gasteiger partial charge < -0.3 is 15.1 Å². The number of aliphatic hydroxyl groups is 2. The molecule has 0 radical (unpaired) electrons. The zero-order valence-electron chi connectivity index (χ0n) is 14.2. The van der Waals surface area contributed by atoms with Crippen LogP contribution in [0.4, 0.5) is 5.82 Å². The highest BCUT2D eigenvalue weighted by Gasteiger charge is 2.42. The van der Waals surface area contributed by atoms with E-state index in [-0.39, 0.29) is 12.0 Å². The minimum absolute atomic E-state index is 0.0430. The van der Waals surface area contributed by atoms with Gasteiger partial charge in [-0.25, -0.2) is 4.98 Å². The van der Waals surface area contributed by atoms with Gasteiger partial charge in [-0.15, -0.1) is 0 Å². The number of piperidine rings is 1. The van der Waals surface area contributed by atoms with E-state index in [1.165, 1.54) is 0 Å². The minimum Gasteiger partial charge on any atom is -0.396 e. The fourth-order valence-electron chi connectivity index (χ4n) is 3.75. The van der Waals surface area contributed by atoms with Crippen LogP contribution in [0.3, 0.4) is 0 Å². The van der Waals surface area contributed by atoms with Crippen molar-refractivity contribution in [2.75, 3.05) is 24.6 Å². The Labute approximate surface area is 136 Å². The van der Waals surface area contributed by atoms with Crippen LogP contribution >= 0.6 is 0 Å². The van der Waals surface area contributed by atoms with Crippen molar-refractivity contribution in [1.29, 1.82) is 0 Å². The van der Waals surface area contributed by atoms with Gasteiger partial charge in [-0.3, -0.25) is 0 Å².